The van der Waals surface area contributed by atoms with Gasteiger partial charge in [-0.1, -0.05) is 38.1 Å². The lowest BCUT2D eigenvalue weighted by Gasteiger charge is -2.27. The summed E-state index contributed by atoms with van der Waals surface area (Å²) in [5.41, 5.74) is 0.758. The smallest absolute Gasteiger partial charge is 0.243 e. The van der Waals surface area contributed by atoms with Gasteiger partial charge < -0.3 is 15.5 Å². The number of nitrogens with one attached hydrogen (secondary N) is 2. The fourth-order valence-corrected chi connectivity index (χ4v) is 3.96. The Labute approximate surface area is 196 Å². The Morgan fingerprint density at radius 2 is 1.79 bits per heavy atom. The van der Waals surface area contributed by atoms with Crippen molar-refractivity contribution < 1.29 is 27.6 Å². The van der Waals surface area contributed by atoms with E-state index in [4.69, 9.17) is 0 Å². The number of carbonyl (C=O) groups is 3. The number of hydrogen-bond acceptors (Lipinski definition) is 3. The summed E-state index contributed by atoms with van der Waals surface area (Å²) in [6.07, 6.45) is 0.560. The first-order valence-electron chi connectivity index (χ1n) is 11.2. The zero-order valence-electron chi connectivity index (χ0n) is 19.1. The minimum atomic E-state index is -1.01. The molecule has 3 amide bonds. The fourth-order valence-electron chi connectivity index (χ4n) is 3.96. The molecule has 9 heteroatoms. The Balaban J connectivity index is 1.59. The molecule has 1 aliphatic heterocycles. The molecule has 0 aliphatic carbocycles. The second-order valence-electron chi connectivity index (χ2n) is 8.76. The number of benzene rings is 2. The maximum Gasteiger partial charge on any atom is 0.243 e. The van der Waals surface area contributed by atoms with Crippen molar-refractivity contribution in [1.82, 2.24) is 15.5 Å². The number of rotatable bonds is 9. The van der Waals surface area contributed by atoms with E-state index in [1.165, 1.54) is 29.2 Å². The molecule has 34 heavy (non-hydrogen) atoms. The zero-order chi connectivity index (χ0) is 24.8. The molecule has 2 aromatic rings. The standard InChI is InChI=1S/C25H28F3N3O3/c1-15(2)24(25(34)29-13-16-6-8-18(26)9-7-16)30-21(32)12-19-10-11-22(33)31(19)14-17-4-3-5-20(27)23(17)28/h3-9,15,19,24H,10-14H2,1-2H3,(H,29,34)(H,30,32)/t19-,24?/m0/s1. The van der Waals surface area contributed by atoms with Crippen LogP contribution in [-0.4, -0.2) is 34.7 Å². The van der Waals surface area contributed by atoms with Gasteiger partial charge in [0.2, 0.25) is 17.7 Å². The van der Waals surface area contributed by atoms with Crippen molar-refractivity contribution in [2.75, 3.05) is 0 Å². The Kier molecular flexibility index (Phi) is 8.31. The van der Waals surface area contributed by atoms with E-state index in [1.54, 1.807) is 26.0 Å². The molecule has 0 saturated carbocycles. The van der Waals surface area contributed by atoms with Crippen LogP contribution >= 0.6 is 0 Å². The van der Waals surface area contributed by atoms with Gasteiger partial charge in [-0.3, -0.25) is 14.4 Å². The summed E-state index contributed by atoms with van der Waals surface area (Å²) in [4.78, 5) is 39.2. The number of amides is 3. The number of carbonyl (C=O) groups excluding carboxylic acids is 3. The summed E-state index contributed by atoms with van der Waals surface area (Å²) >= 11 is 0. The van der Waals surface area contributed by atoms with Crippen LogP contribution in [0.4, 0.5) is 13.2 Å². The van der Waals surface area contributed by atoms with Crippen LogP contribution in [0.2, 0.25) is 0 Å². The molecule has 1 saturated heterocycles. The lowest BCUT2D eigenvalue weighted by atomic mass is 10.0. The van der Waals surface area contributed by atoms with E-state index in [1.807, 2.05) is 0 Å². The molecule has 2 atom stereocenters. The van der Waals surface area contributed by atoms with Crippen LogP contribution in [0.5, 0.6) is 0 Å². The predicted molar refractivity (Wildman–Crippen MR) is 120 cm³/mol. The normalized spacial score (nSPS) is 16.6. The van der Waals surface area contributed by atoms with E-state index in [2.05, 4.69) is 10.6 Å². The van der Waals surface area contributed by atoms with E-state index in [0.29, 0.717) is 12.0 Å². The molecule has 2 N–H and O–H groups in total. The molecule has 1 heterocycles. The highest BCUT2D eigenvalue weighted by Crippen LogP contribution is 2.25. The highest BCUT2D eigenvalue weighted by molar-refractivity contribution is 5.88. The van der Waals surface area contributed by atoms with Crippen LogP contribution in [0.25, 0.3) is 0 Å². The van der Waals surface area contributed by atoms with Crippen molar-refractivity contribution in [2.45, 2.75) is 58.3 Å². The van der Waals surface area contributed by atoms with Gasteiger partial charge in [0.15, 0.2) is 11.6 Å². The Hall–Kier alpha value is -3.36. The summed E-state index contributed by atoms with van der Waals surface area (Å²) < 4.78 is 40.7. The van der Waals surface area contributed by atoms with Crippen LogP contribution < -0.4 is 10.6 Å². The van der Waals surface area contributed by atoms with E-state index in [-0.39, 0.29) is 55.0 Å². The predicted octanol–water partition coefficient (Wildman–Crippen LogP) is 3.44. The summed E-state index contributed by atoms with van der Waals surface area (Å²) in [7, 11) is 0. The number of likely N-dealkylation sites (tertiary alicyclic amines) is 1. The van der Waals surface area contributed by atoms with Crippen molar-refractivity contribution in [3.05, 3.63) is 71.0 Å². The molecule has 1 unspecified atom stereocenters. The Morgan fingerprint density at radius 1 is 1.09 bits per heavy atom. The van der Waals surface area contributed by atoms with Crippen LogP contribution in [-0.2, 0) is 27.5 Å². The summed E-state index contributed by atoms with van der Waals surface area (Å²) in [5, 5.41) is 5.47. The molecule has 182 valence electrons. The molecule has 0 aromatic heterocycles. The van der Waals surface area contributed by atoms with Crippen molar-refractivity contribution in [1.29, 1.82) is 0 Å². The Morgan fingerprint density at radius 3 is 2.47 bits per heavy atom. The molecule has 3 rings (SSSR count). The highest BCUT2D eigenvalue weighted by Gasteiger charge is 2.34. The van der Waals surface area contributed by atoms with Crippen LogP contribution in [0.1, 0.15) is 44.2 Å². The first-order chi connectivity index (χ1) is 16.2. The van der Waals surface area contributed by atoms with E-state index < -0.39 is 29.6 Å². The molecule has 6 nitrogen and oxygen atoms in total. The summed E-state index contributed by atoms with van der Waals surface area (Å²) in [5.74, 6) is -3.62. The van der Waals surface area contributed by atoms with E-state index in [0.717, 1.165) is 6.07 Å². The van der Waals surface area contributed by atoms with Gasteiger partial charge >= 0.3 is 0 Å². The average molecular weight is 476 g/mol. The van der Waals surface area contributed by atoms with Gasteiger partial charge in [0.05, 0.1) is 0 Å². The highest BCUT2D eigenvalue weighted by atomic mass is 19.2. The minimum absolute atomic E-state index is 0.0425. The molecule has 0 bridgehead atoms. The molecule has 1 aliphatic rings. The zero-order valence-corrected chi connectivity index (χ0v) is 19.1. The first-order valence-corrected chi connectivity index (χ1v) is 11.2. The fraction of sp³-hybridized carbons (Fsp3) is 0.400. The van der Waals surface area contributed by atoms with Crippen molar-refractivity contribution in [2.24, 2.45) is 5.92 Å². The molecular weight excluding hydrogens is 447 g/mol. The van der Waals surface area contributed by atoms with Gasteiger partial charge in [-0.2, -0.15) is 0 Å². The monoisotopic (exact) mass is 475 g/mol. The van der Waals surface area contributed by atoms with Gasteiger partial charge in [-0.05, 0) is 36.1 Å². The van der Waals surface area contributed by atoms with Gasteiger partial charge in [-0.25, -0.2) is 13.2 Å². The third kappa shape index (κ3) is 6.36. The maximum atomic E-state index is 14.1. The van der Waals surface area contributed by atoms with Gasteiger partial charge in [0.25, 0.3) is 0 Å². The summed E-state index contributed by atoms with van der Waals surface area (Å²) in [6, 6.07) is 8.21. The third-order valence-corrected chi connectivity index (χ3v) is 5.89. The summed E-state index contributed by atoms with van der Waals surface area (Å²) in [6.45, 7) is 3.63. The molecular formula is C25H28F3N3O3. The second kappa shape index (κ2) is 11.2. The second-order valence-corrected chi connectivity index (χ2v) is 8.76. The van der Waals surface area contributed by atoms with Crippen LogP contribution in [0.15, 0.2) is 42.5 Å². The van der Waals surface area contributed by atoms with Crippen LogP contribution in [0, 0.1) is 23.4 Å². The minimum Gasteiger partial charge on any atom is -0.350 e. The van der Waals surface area contributed by atoms with E-state index >= 15 is 0 Å². The van der Waals surface area contributed by atoms with Gasteiger partial charge in [-0.15, -0.1) is 0 Å². The molecule has 2 aromatic carbocycles. The number of halogens is 3. The Bertz CT molecular complexity index is 1040. The number of nitrogens with zero attached hydrogens (tertiary/aromatic N) is 1. The molecule has 0 spiro atoms. The topological polar surface area (TPSA) is 78.5 Å². The lowest BCUT2D eigenvalue weighted by Crippen LogP contribution is -2.50. The van der Waals surface area contributed by atoms with Crippen LogP contribution in [0.3, 0.4) is 0 Å². The third-order valence-electron chi connectivity index (χ3n) is 5.89. The SMILES string of the molecule is CC(C)C(NC(=O)C[C@@H]1CCC(=O)N1Cc1cccc(F)c1F)C(=O)NCc1ccc(F)cc1. The largest absolute Gasteiger partial charge is 0.350 e. The van der Waals surface area contributed by atoms with Gasteiger partial charge in [0, 0.05) is 37.5 Å². The van der Waals surface area contributed by atoms with Crippen molar-refractivity contribution in [3.8, 4) is 0 Å². The quantitative estimate of drug-likeness (QED) is 0.583. The van der Waals surface area contributed by atoms with Gasteiger partial charge in [0.1, 0.15) is 11.9 Å². The van der Waals surface area contributed by atoms with Crippen molar-refractivity contribution >= 4 is 17.7 Å². The lowest BCUT2D eigenvalue weighted by molar-refractivity contribution is -0.132. The molecule has 0 radical (unpaired) electrons. The average Bonchev–Trinajstić information content (AvgIpc) is 3.13. The first kappa shape index (κ1) is 25.3. The molecule has 1 fully saturated rings. The number of hydrogen-bond donors (Lipinski definition) is 2. The van der Waals surface area contributed by atoms with E-state index in [9.17, 15) is 27.6 Å². The maximum absolute atomic E-state index is 14.1. The van der Waals surface area contributed by atoms with Crippen molar-refractivity contribution in [3.63, 3.8) is 0 Å².